The smallest absolute Gasteiger partial charge is 0.328 e. The van der Waals surface area contributed by atoms with Crippen LogP contribution in [0.4, 0.5) is 0 Å². The van der Waals surface area contributed by atoms with Crippen molar-refractivity contribution >= 4 is 18.0 Å². The summed E-state index contributed by atoms with van der Waals surface area (Å²) in [7, 11) is 0. The van der Waals surface area contributed by atoms with Crippen molar-refractivity contribution in [3.8, 4) is 0 Å². The van der Waals surface area contributed by atoms with E-state index in [0.29, 0.717) is 11.6 Å². The fraction of sp³-hybridized carbons (Fsp3) is 0.375. The lowest BCUT2D eigenvalue weighted by atomic mass is 10.0. The minimum absolute atomic E-state index is 0.0474. The van der Waals surface area contributed by atoms with Gasteiger partial charge in [-0.05, 0) is 49.1 Å². The van der Waals surface area contributed by atoms with Crippen LogP contribution >= 0.6 is 0 Å². The molecule has 0 spiro atoms. The van der Waals surface area contributed by atoms with E-state index >= 15 is 0 Å². The second kappa shape index (κ2) is 6.37. The summed E-state index contributed by atoms with van der Waals surface area (Å²) in [5, 5.41) is 11.7. The molecule has 4 heteroatoms. The molecule has 20 heavy (non-hydrogen) atoms. The summed E-state index contributed by atoms with van der Waals surface area (Å²) < 4.78 is 0. The SMILES string of the molecule is Cc1cc(C(=O)NC2CCCC2)ccc1/C=C/C(=O)O. The molecule has 2 N–H and O–H groups in total. The Morgan fingerprint density at radius 2 is 2.00 bits per heavy atom. The van der Waals surface area contributed by atoms with Crippen LogP contribution in [0.3, 0.4) is 0 Å². The van der Waals surface area contributed by atoms with E-state index < -0.39 is 5.97 Å². The van der Waals surface area contributed by atoms with E-state index in [4.69, 9.17) is 5.11 Å². The Balaban J connectivity index is 2.07. The van der Waals surface area contributed by atoms with Crippen molar-refractivity contribution in [2.75, 3.05) is 0 Å². The molecule has 1 amide bonds. The van der Waals surface area contributed by atoms with Crippen molar-refractivity contribution in [1.82, 2.24) is 5.32 Å². The van der Waals surface area contributed by atoms with Crippen LogP contribution in [0.25, 0.3) is 6.08 Å². The molecular weight excluding hydrogens is 254 g/mol. The van der Waals surface area contributed by atoms with E-state index in [-0.39, 0.29) is 5.91 Å². The first-order chi connectivity index (χ1) is 9.56. The summed E-state index contributed by atoms with van der Waals surface area (Å²) in [6.07, 6.45) is 7.12. The second-order valence-electron chi connectivity index (χ2n) is 5.20. The molecule has 0 aliphatic heterocycles. The number of carbonyl (C=O) groups excluding carboxylic acids is 1. The fourth-order valence-corrected chi connectivity index (χ4v) is 2.50. The van der Waals surface area contributed by atoms with Crippen molar-refractivity contribution in [3.63, 3.8) is 0 Å². The predicted molar refractivity (Wildman–Crippen MR) is 77.6 cm³/mol. The number of carboxylic acid groups (broad SMARTS) is 1. The Labute approximate surface area is 118 Å². The summed E-state index contributed by atoms with van der Waals surface area (Å²) in [6, 6.07) is 5.61. The quantitative estimate of drug-likeness (QED) is 0.829. The standard InChI is InChI=1S/C16H19NO3/c1-11-10-13(7-6-12(11)8-9-15(18)19)16(20)17-14-4-2-3-5-14/h6-10,14H,2-5H2,1H3,(H,17,20)(H,18,19)/b9-8+. The van der Waals surface area contributed by atoms with Crippen molar-refractivity contribution in [1.29, 1.82) is 0 Å². The van der Waals surface area contributed by atoms with E-state index in [9.17, 15) is 9.59 Å². The largest absolute Gasteiger partial charge is 0.478 e. The Morgan fingerprint density at radius 3 is 2.60 bits per heavy atom. The zero-order valence-electron chi connectivity index (χ0n) is 11.6. The predicted octanol–water partition coefficient (Wildman–Crippen LogP) is 2.77. The first-order valence-corrected chi connectivity index (χ1v) is 6.89. The maximum absolute atomic E-state index is 12.1. The first-order valence-electron chi connectivity index (χ1n) is 6.89. The summed E-state index contributed by atoms with van der Waals surface area (Å²) in [5.74, 6) is -1.03. The summed E-state index contributed by atoms with van der Waals surface area (Å²) in [6.45, 7) is 1.87. The fourth-order valence-electron chi connectivity index (χ4n) is 2.50. The minimum Gasteiger partial charge on any atom is -0.478 e. The number of carbonyl (C=O) groups is 2. The number of amides is 1. The third kappa shape index (κ3) is 3.70. The molecule has 0 saturated heterocycles. The van der Waals surface area contributed by atoms with Crippen molar-refractivity contribution in [3.05, 3.63) is 41.0 Å². The highest BCUT2D eigenvalue weighted by molar-refractivity contribution is 5.95. The van der Waals surface area contributed by atoms with Crippen LogP contribution in [0, 0.1) is 6.92 Å². The zero-order valence-corrected chi connectivity index (χ0v) is 11.6. The van der Waals surface area contributed by atoms with Crippen LogP contribution in [0.15, 0.2) is 24.3 Å². The first kappa shape index (κ1) is 14.3. The van der Waals surface area contributed by atoms with Crippen LogP contribution in [-0.4, -0.2) is 23.0 Å². The molecule has 1 saturated carbocycles. The molecule has 106 valence electrons. The van der Waals surface area contributed by atoms with Crippen molar-refractivity contribution in [2.24, 2.45) is 0 Å². The van der Waals surface area contributed by atoms with Gasteiger partial charge in [0.2, 0.25) is 0 Å². The van der Waals surface area contributed by atoms with Gasteiger partial charge in [0.1, 0.15) is 0 Å². The second-order valence-corrected chi connectivity index (χ2v) is 5.20. The molecule has 4 nitrogen and oxygen atoms in total. The van der Waals surface area contributed by atoms with Crippen LogP contribution in [-0.2, 0) is 4.79 Å². The van der Waals surface area contributed by atoms with Crippen molar-refractivity contribution < 1.29 is 14.7 Å². The van der Waals surface area contributed by atoms with Gasteiger partial charge in [0.15, 0.2) is 0 Å². The Hall–Kier alpha value is -2.10. The molecule has 0 heterocycles. The van der Waals surface area contributed by atoms with Gasteiger partial charge in [-0.2, -0.15) is 0 Å². The maximum Gasteiger partial charge on any atom is 0.328 e. The molecule has 0 bridgehead atoms. The van der Waals surface area contributed by atoms with Gasteiger partial charge < -0.3 is 10.4 Å². The molecule has 1 aliphatic carbocycles. The minimum atomic E-state index is -0.979. The van der Waals surface area contributed by atoms with Crippen LogP contribution < -0.4 is 5.32 Å². The number of carboxylic acids is 1. The van der Waals surface area contributed by atoms with Gasteiger partial charge in [-0.15, -0.1) is 0 Å². The van der Waals surface area contributed by atoms with Crippen LogP contribution in [0.5, 0.6) is 0 Å². The Kier molecular flexibility index (Phi) is 4.56. The number of hydrogen-bond acceptors (Lipinski definition) is 2. The third-order valence-corrected chi connectivity index (χ3v) is 3.63. The number of hydrogen-bond donors (Lipinski definition) is 2. The van der Waals surface area contributed by atoms with E-state index in [0.717, 1.165) is 30.0 Å². The van der Waals surface area contributed by atoms with E-state index in [1.165, 1.54) is 18.9 Å². The monoisotopic (exact) mass is 273 g/mol. The molecule has 0 radical (unpaired) electrons. The lowest BCUT2D eigenvalue weighted by Gasteiger charge is -2.12. The van der Waals surface area contributed by atoms with E-state index in [1.807, 2.05) is 6.92 Å². The Bertz CT molecular complexity index is 543. The number of rotatable bonds is 4. The highest BCUT2D eigenvalue weighted by Crippen LogP contribution is 2.19. The summed E-state index contributed by atoms with van der Waals surface area (Å²) >= 11 is 0. The van der Waals surface area contributed by atoms with Crippen LogP contribution in [0.2, 0.25) is 0 Å². The van der Waals surface area contributed by atoms with Gasteiger partial charge in [0.25, 0.3) is 5.91 Å². The molecule has 1 aromatic rings. The summed E-state index contributed by atoms with van der Waals surface area (Å²) in [4.78, 5) is 22.6. The average Bonchev–Trinajstić information content (AvgIpc) is 2.89. The number of aryl methyl sites for hydroxylation is 1. The molecule has 0 aromatic heterocycles. The highest BCUT2D eigenvalue weighted by Gasteiger charge is 2.18. The average molecular weight is 273 g/mol. The molecule has 2 rings (SSSR count). The van der Waals surface area contributed by atoms with Gasteiger partial charge in [0, 0.05) is 17.7 Å². The summed E-state index contributed by atoms with van der Waals surface area (Å²) in [5.41, 5.74) is 2.33. The maximum atomic E-state index is 12.1. The van der Waals surface area contributed by atoms with Gasteiger partial charge in [-0.3, -0.25) is 4.79 Å². The third-order valence-electron chi connectivity index (χ3n) is 3.63. The molecule has 0 atom stereocenters. The lowest BCUT2D eigenvalue weighted by molar-refractivity contribution is -0.131. The normalized spacial score (nSPS) is 15.7. The van der Waals surface area contributed by atoms with Crippen LogP contribution in [0.1, 0.15) is 47.2 Å². The van der Waals surface area contributed by atoms with E-state index in [2.05, 4.69) is 5.32 Å². The van der Waals surface area contributed by atoms with Gasteiger partial charge in [-0.1, -0.05) is 18.9 Å². The Morgan fingerprint density at radius 1 is 1.30 bits per heavy atom. The van der Waals surface area contributed by atoms with E-state index in [1.54, 1.807) is 18.2 Å². The topological polar surface area (TPSA) is 66.4 Å². The van der Waals surface area contributed by atoms with Gasteiger partial charge in [0.05, 0.1) is 0 Å². The molecule has 1 aromatic carbocycles. The zero-order chi connectivity index (χ0) is 14.5. The number of aliphatic carboxylic acids is 1. The van der Waals surface area contributed by atoms with Crippen molar-refractivity contribution in [2.45, 2.75) is 38.6 Å². The van der Waals surface area contributed by atoms with Gasteiger partial charge in [-0.25, -0.2) is 4.79 Å². The van der Waals surface area contributed by atoms with Gasteiger partial charge >= 0.3 is 5.97 Å². The highest BCUT2D eigenvalue weighted by atomic mass is 16.4. The molecule has 1 fully saturated rings. The number of nitrogens with one attached hydrogen (secondary N) is 1. The molecular formula is C16H19NO3. The lowest BCUT2D eigenvalue weighted by Crippen LogP contribution is -2.32. The molecule has 1 aliphatic rings. The molecule has 0 unspecified atom stereocenters. The number of benzene rings is 1.